The monoisotopic (exact) mass is 256 g/mol. The molecule has 0 bridgehead atoms. The predicted octanol–water partition coefficient (Wildman–Crippen LogP) is -0.754. The van der Waals surface area contributed by atoms with Gasteiger partial charge < -0.3 is 10.1 Å². The zero-order valence-electron chi connectivity index (χ0n) is 11.3. The maximum atomic E-state index is 11.7. The molecule has 0 fully saturated rings. The Hall–Kier alpha value is -1.63. The molecule has 0 aliphatic rings. The van der Waals surface area contributed by atoms with Crippen molar-refractivity contribution in [2.75, 3.05) is 13.2 Å². The predicted molar refractivity (Wildman–Crippen MR) is 68.0 cm³/mol. The zero-order valence-corrected chi connectivity index (χ0v) is 11.3. The fourth-order valence-electron chi connectivity index (χ4n) is 1.39. The summed E-state index contributed by atoms with van der Waals surface area (Å²) in [5.41, 5.74) is -0.969. The van der Waals surface area contributed by atoms with Crippen LogP contribution in [0.4, 0.5) is 0 Å². The summed E-state index contributed by atoms with van der Waals surface area (Å²) in [4.78, 5) is 23.1. The lowest BCUT2D eigenvalue weighted by Crippen LogP contribution is -2.39. The number of rotatable bonds is 6. The molecular weight excluding hydrogens is 236 g/mol. The van der Waals surface area contributed by atoms with Crippen LogP contribution in [0.25, 0.3) is 0 Å². The number of nitrogens with one attached hydrogen (secondary N) is 1. The van der Waals surface area contributed by atoms with E-state index in [0.717, 1.165) is 22.2 Å². The van der Waals surface area contributed by atoms with E-state index in [1.165, 1.54) is 14.1 Å². The maximum absolute atomic E-state index is 11.7. The fraction of sp³-hybridized carbons (Fsp3) is 0.727. The Bertz CT molecular complexity index is 504. The van der Waals surface area contributed by atoms with E-state index in [1.807, 2.05) is 0 Å². The Labute approximate surface area is 105 Å². The van der Waals surface area contributed by atoms with E-state index in [-0.39, 0.29) is 5.88 Å². The van der Waals surface area contributed by atoms with Crippen LogP contribution in [0.5, 0.6) is 5.88 Å². The summed E-state index contributed by atoms with van der Waals surface area (Å²) < 4.78 is 7.36. The molecule has 0 saturated carbocycles. The lowest BCUT2D eigenvalue weighted by atomic mass is 10.3. The highest BCUT2D eigenvalue weighted by Crippen LogP contribution is 1.94. The summed E-state index contributed by atoms with van der Waals surface area (Å²) in [6, 6.07) is 0.425. The third-order valence-electron chi connectivity index (χ3n) is 2.40. The van der Waals surface area contributed by atoms with Crippen LogP contribution in [0.3, 0.4) is 0 Å². The number of ether oxygens (including phenoxy) is 1. The lowest BCUT2D eigenvalue weighted by Gasteiger charge is -2.09. The van der Waals surface area contributed by atoms with Crippen molar-refractivity contribution in [3.05, 3.63) is 20.8 Å². The van der Waals surface area contributed by atoms with Gasteiger partial charge in [-0.2, -0.15) is 0 Å². The van der Waals surface area contributed by atoms with Gasteiger partial charge in [0.25, 0.3) is 5.88 Å². The van der Waals surface area contributed by atoms with Crippen molar-refractivity contribution in [3.8, 4) is 5.88 Å². The standard InChI is InChI=1S/C11H20N4O3/c1-8(2)12-6-5-7-18-9-10(16)14(3)11(17)15(4)13-9/h8,12H,5-7H2,1-4H3. The molecule has 7 nitrogen and oxygen atoms in total. The average Bonchev–Trinajstić information content (AvgIpc) is 2.32. The van der Waals surface area contributed by atoms with E-state index in [9.17, 15) is 9.59 Å². The molecule has 0 aromatic carbocycles. The summed E-state index contributed by atoms with van der Waals surface area (Å²) in [6.45, 7) is 5.32. The van der Waals surface area contributed by atoms with Gasteiger partial charge in [-0.15, -0.1) is 5.10 Å². The molecule has 7 heteroatoms. The molecular formula is C11H20N4O3. The summed E-state index contributed by atoms with van der Waals surface area (Å²) in [6.07, 6.45) is 0.770. The van der Waals surface area contributed by atoms with Crippen molar-refractivity contribution in [1.29, 1.82) is 0 Å². The highest BCUT2D eigenvalue weighted by molar-refractivity contribution is 5.01. The van der Waals surface area contributed by atoms with Gasteiger partial charge in [-0.05, 0) is 13.0 Å². The number of hydrogen-bond acceptors (Lipinski definition) is 5. The van der Waals surface area contributed by atoms with E-state index < -0.39 is 11.2 Å². The van der Waals surface area contributed by atoms with Gasteiger partial charge in [0.05, 0.1) is 6.61 Å². The van der Waals surface area contributed by atoms with Crippen LogP contribution >= 0.6 is 0 Å². The van der Waals surface area contributed by atoms with Crippen molar-refractivity contribution >= 4 is 0 Å². The van der Waals surface area contributed by atoms with Gasteiger partial charge in [0.1, 0.15) is 0 Å². The molecule has 0 aliphatic heterocycles. The first-order valence-corrected chi connectivity index (χ1v) is 5.94. The summed E-state index contributed by atoms with van der Waals surface area (Å²) in [5, 5.41) is 7.03. The van der Waals surface area contributed by atoms with Crippen LogP contribution in [-0.4, -0.2) is 33.5 Å². The first-order valence-electron chi connectivity index (χ1n) is 5.94. The van der Waals surface area contributed by atoms with E-state index in [1.54, 1.807) is 0 Å². The van der Waals surface area contributed by atoms with E-state index >= 15 is 0 Å². The van der Waals surface area contributed by atoms with Crippen LogP contribution in [0, 0.1) is 0 Å². The average molecular weight is 256 g/mol. The van der Waals surface area contributed by atoms with Gasteiger partial charge in [0, 0.05) is 20.1 Å². The molecule has 1 N–H and O–H groups in total. The highest BCUT2D eigenvalue weighted by Gasteiger charge is 2.09. The first kappa shape index (κ1) is 14.4. The first-order chi connectivity index (χ1) is 8.43. The Morgan fingerprint density at radius 2 is 2.00 bits per heavy atom. The SMILES string of the molecule is CC(C)NCCCOc1nn(C)c(=O)n(C)c1=O. The zero-order chi connectivity index (χ0) is 13.7. The molecule has 1 aromatic rings. The molecule has 18 heavy (non-hydrogen) atoms. The van der Waals surface area contributed by atoms with Crippen molar-refractivity contribution in [3.63, 3.8) is 0 Å². The van der Waals surface area contributed by atoms with Crippen LogP contribution in [0.15, 0.2) is 9.59 Å². The molecule has 102 valence electrons. The van der Waals surface area contributed by atoms with Crippen molar-refractivity contribution in [1.82, 2.24) is 19.7 Å². The molecule has 0 amide bonds. The van der Waals surface area contributed by atoms with Crippen LogP contribution in [0.1, 0.15) is 20.3 Å². The second kappa shape index (κ2) is 6.34. The Kier molecular flexibility index (Phi) is 5.08. The Morgan fingerprint density at radius 1 is 1.33 bits per heavy atom. The molecule has 0 atom stereocenters. The second-order valence-corrected chi connectivity index (χ2v) is 4.39. The molecule has 0 radical (unpaired) electrons. The molecule has 0 aliphatic carbocycles. The fourth-order valence-corrected chi connectivity index (χ4v) is 1.39. The van der Waals surface area contributed by atoms with Gasteiger partial charge in [-0.1, -0.05) is 13.8 Å². The smallest absolute Gasteiger partial charge is 0.347 e. The van der Waals surface area contributed by atoms with Gasteiger partial charge >= 0.3 is 11.2 Å². The minimum atomic E-state index is -0.505. The number of nitrogens with zero attached hydrogens (tertiary/aromatic N) is 3. The minimum Gasteiger partial charge on any atom is -0.473 e. The largest absolute Gasteiger partial charge is 0.473 e. The summed E-state index contributed by atoms with van der Waals surface area (Å²) in [7, 11) is 2.88. The second-order valence-electron chi connectivity index (χ2n) is 4.39. The van der Waals surface area contributed by atoms with Crippen LogP contribution < -0.4 is 21.3 Å². The van der Waals surface area contributed by atoms with Crippen LogP contribution in [0.2, 0.25) is 0 Å². The summed E-state index contributed by atoms with van der Waals surface area (Å²) >= 11 is 0. The molecule has 0 unspecified atom stereocenters. The van der Waals surface area contributed by atoms with E-state index in [2.05, 4.69) is 24.3 Å². The number of aromatic nitrogens is 3. The molecule has 0 spiro atoms. The topological polar surface area (TPSA) is 78.2 Å². The van der Waals surface area contributed by atoms with Gasteiger partial charge in [-0.25, -0.2) is 9.48 Å². The third kappa shape index (κ3) is 3.69. The summed E-state index contributed by atoms with van der Waals surface area (Å²) in [5.74, 6) is -0.0378. The Balaban J connectivity index is 2.59. The van der Waals surface area contributed by atoms with E-state index in [0.29, 0.717) is 12.6 Å². The maximum Gasteiger partial charge on any atom is 0.347 e. The van der Waals surface area contributed by atoms with Crippen molar-refractivity contribution in [2.24, 2.45) is 14.1 Å². The Morgan fingerprint density at radius 3 is 2.61 bits per heavy atom. The third-order valence-corrected chi connectivity index (χ3v) is 2.40. The lowest BCUT2D eigenvalue weighted by molar-refractivity contribution is 0.277. The number of aryl methyl sites for hydroxylation is 1. The van der Waals surface area contributed by atoms with Crippen molar-refractivity contribution < 1.29 is 4.74 Å². The van der Waals surface area contributed by atoms with Gasteiger partial charge in [-0.3, -0.25) is 9.36 Å². The molecule has 0 saturated heterocycles. The molecule has 1 heterocycles. The normalized spacial score (nSPS) is 10.9. The van der Waals surface area contributed by atoms with Crippen LogP contribution in [-0.2, 0) is 14.1 Å². The highest BCUT2D eigenvalue weighted by atomic mass is 16.5. The quantitative estimate of drug-likeness (QED) is 0.677. The molecule has 1 rings (SSSR count). The van der Waals surface area contributed by atoms with E-state index in [4.69, 9.17) is 4.74 Å². The van der Waals surface area contributed by atoms with Crippen molar-refractivity contribution in [2.45, 2.75) is 26.3 Å². The van der Waals surface area contributed by atoms with Gasteiger partial charge in [0.15, 0.2) is 0 Å². The number of hydrogen-bond donors (Lipinski definition) is 1. The van der Waals surface area contributed by atoms with Gasteiger partial charge in [0.2, 0.25) is 0 Å². The minimum absolute atomic E-state index is 0.0378. The molecule has 1 aromatic heterocycles.